The molecule has 0 amide bonds. The van der Waals surface area contributed by atoms with Crippen LogP contribution in [-0.4, -0.2) is 42.4 Å². The van der Waals surface area contributed by atoms with Gasteiger partial charge in [-0.2, -0.15) is 0 Å². The van der Waals surface area contributed by atoms with Crippen molar-refractivity contribution in [2.24, 2.45) is 0 Å². The standard InChI is InChI=1S/C9H17NO2/c1-3-10-6-4-5-8(11)9(7-10)12-2/h3,8-9,11H,1,4-7H2,2H3. The summed E-state index contributed by atoms with van der Waals surface area (Å²) >= 11 is 0. The first-order valence-corrected chi connectivity index (χ1v) is 4.35. The van der Waals surface area contributed by atoms with Crippen molar-refractivity contribution in [2.45, 2.75) is 25.0 Å². The maximum atomic E-state index is 9.58. The molecule has 3 nitrogen and oxygen atoms in total. The van der Waals surface area contributed by atoms with Crippen LogP contribution in [0, 0.1) is 0 Å². The van der Waals surface area contributed by atoms with Crippen LogP contribution in [0.5, 0.6) is 0 Å². The summed E-state index contributed by atoms with van der Waals surface area (Å²) in [6.07, 6.45) is 3.25. The van der Waals surface area contributed by atoms with Gasteiger partial charge in [-0.3, -0.25) is 0 Å². The molecule has 1 heterocycles. The quantitative estimate of drug-likeness (QED) is 0.660. The number of nitrogens with zero attached hydrogens (tertiary/aromatic N) is 1. The third-order valence-corrected chi connectivity index (χ3v) is 2.35. The molecule has 1 aliphatic heterocycles. The van der Waals surface area contributed by atoms with E-state index in [0.717, 1.165) is 25.9 Å². The van der Waals surface area contributed by atoms with Crippen molar-refractivity contribution in [3.8, 4) is 0 Å². The summed E-state index contributed by atoms with van der Waals surface area (Å²) in [4.78, 5) is 2.09. The molecule has 70 valence electrons. The van der Waals surface area contributed by atoms with Crippen molar-refractivity contribution in [2.75, 3.05) is 20.2 Å². The lowest BCUT2D eigenvalue weighted by molar-refractivity contribution is -0.0166. The van der Waals surface area contributed by atoms with E-state index in [0.29, 0.717) is 0 Å². The smallest absolute Gasteiger partial charge is 0.100 e. The molecule has 1 N–H and O–H groups in total. The Kier molecular flexibility index (Phi) is 3.56. The molecule has 0 aliphatic carbocycles. The molecule has 0 aromatic rings. The Labute approximate surface area is 73.6 Å². The van der Waals surface area contributed by atoms with Crippen LogP contribution in [-0.2, 0) is 4.74 Å². The Morgan fingerprint density at radius 1 is 1.67 bits per heavy atom. The summed E-state index contributed by atoms with van der Waals surface area (Å²) < 4.78 is 5.18. The van der Waals surface area contributed by atoms with Gasteiger partial charge in [0.05, 0.1) is 6.10 Å². The van der Waals surface area contributed by atoms with Gasteiger partial charge < -0.3 is 14.7 Å². The van der Waals surface area contributed by atoms with Gasteiger partial charge in [-0.1, -0.05) is 6.58 Å². The highest BCUT2D eigenvalue weighted by Crippen LogP contribution is 2.13. The molecule has 3 heteroatoms. The summed E-state index contributed by atoms with van der Waals surface area (Å²) in [7, 11) is 1.64. The summed E-state index contributed by atoms with van der Waals surface area (Å²) in [5.41, 5.74) is 0. The summed E-state index contributed by atoms with van der Waals surface area (Å²) in [6.45, 7) is 5.43. The van der Waals surface area contributed by atoms with Crippen LogP contribution in [0.4, 0.5) is 0 Å². The summed E-state index contributed by atoms with van der Waals surface area (Å²) in [5, 5.41) is 9.58. The maximum absolute atomic E-state index is 9.58. The van der Waals surface area contributed by atoms with Crippen LogP contribution in [0.2, 0.25) is 0 Å². The largest absolute Gasteiger partial charge is 0.390 e. The second-order valence-corrected chi connectivity index (χ2v) is 3.16. The molecule has 12 heavy (non-hydrogen) atoms. The van der Waals surface area contributed by atoms with Gasteiger partial charge in [0.1, 0.15) is 6.10 Å². The van der Waals surface area contributed by atoms with E-state index in [1.807, 2.05) is 6.20 Å². The molecule has 0 bridgehead atoms. The van der Waals surface area contributed by atoms with Gasteiger partial charge >= 0.3 is 0 Å². The zero-order valence-electron chi connectivity index (χ0n) is 7.57. The van der Waals surface area contributed by atoms with E-state index in [-0.39, 0.29) is 12.2 Å². The predicted octanol–water partition coefficient (Wildman–Crippen LogP) is 0.602. The molecular weight excluding hydrogens is 154 g/mol. The average Bonchev–Trinajstić information content (AvgIpc) is 2.27. The number of hydrogen-bond donors (Lipinski definition) is 1. The number of aliphatic hydroxyl groups excluding tert-OH is 1. The molecule has 0 aromatic carbocycles. The highest BCUT2D eigenvalue weighted by Gasteiger charge is 2.23. The fraction of sp³-hybridized carbons (Fsp3) is 0.778. The molecule has 1 fully saturated rings. The van der Waals surface area contributed by atoms with Gasteiger partial charge in [0, 0.05) is 20.2 Å². The van der Waals surface area contributed by atoms with Crippen LogP contribution >= 0.6 is 0 Å². The third kappa shape index (κ3) is 2.22. The molecular formula is C9H17NO2. The van der Waals surface area contributed by atoms with Crippen LogP contribution in [0.15, 0.2) is 12.8 Å². The zero-order valence-corrected chi connectivity index (χ0v) is 7.57. The van der Waals surface area contributed by atoms with E-state index in [4.69, 9.17) is 4.74 Å². The minimum atomic E-state index is -0.319. The number of hydrogen-bond acceptors (Lipinski definition) is 3. The van der Waals surface area contributed by atoms with Crippen LogP contribution in [0.3, 0.4) is 0 Å². The minimum absolute atomic E-state index is 0.0644. The van der Waals surface area contributed by atoms with E-state index in [9.17, 15) is 5.11 Å². The first-order valence-electron chi connectivity index (χ1n) is 4.35. The van der Waals surface area contributed by atoms with Gasteiger partial charge in [-0.15, -0.1) is 0 Å². The van der Waals surface area contributed by atoms with Crippen molar-refractivity contribution in [1.82, 2.24) is 4.90 Å². The predicted molar refractivity (Wildman–Crippen MR) is 47.8 cm³/mol. The Hall–Kier alpha value is -0.540. The average molecular weight is 171 g/mol. The van der Waals surface area contributed by atoms with Crippen molar-refractivity contribution in [3.05, 3.63) is 12.8 Å². The SMILES string of the molecule is C=CN1CCCC(O)C(OC)C1. The van der Waals surface area contributed by atoms with Gasteiger partial charge in [0.15, 0.2) is 0 Å². The lowest BCUT2D eigenvalue weighted by atomic mass is 10.1. The highest BCUT2D eigenvalue weighted by atomic mass is 16.5. The normalized spacial score (nSPS) is 31.3. The number of rotatable bonds is 2. The molecule has 1 rings (SSSR count). The lowest BCUT2D eigenvalue weighted by Gasteiger charge is -2.23. The Morgan fingerprint density at radius 3 is 3.00 bits per heavy atom. The Bertz CT molecular complexity index is 149. The monoisotopic (exact) mass is 171 g/mol. The summed E-state index contributed by atoms with van der Waals surface area (Å²) in [6, 6.07) is 0. The van der Waals surface area contributed by atoms with Gasteiger partial charge in [0.25, 0.3) is 0 Å². The first-order chi connectivity index (χ1) is 5.77. The number of aliphatic hydroxyl groups is 1. The van der Waals surface area contributed by atoms with Gasteiger partial charge in [-0.05, 0) is 19.0 Å². The van der Waals surface area contributed by atoms with E-state index in [2.05, 4.69) is 11.5 Å². The molecule has 1 saturated heterocycles. The molecule has 0 aromatic heterocycles. The Morgan fingerprint density at radius 2 is 2.42 bits per heavy atom. The van der Waals surface area contributed by atoms with E-state index in [1.54, 1.807) is 7.11 Å². The fourth-order valence-corrected chi connectivity index (χ4v) is 1.53. The third-order valence-electron chi connectivity index (χ3n) is 2.35. The van der Waals surface area contributed by atoms with Crippen molar-refractivity contribution < 1.29 is 9.84 Å². The van der Waals surface area contributed by atoms with Crippen molar-refractivity contribution in [1.29, 1.82) is 0 Å². The molecule has 2 atom stereocenters. The van der Waals surface area contributed by atoms with Crippen LogP contribution in [0.1, 0.15) is 12.8 Å². The second-order valence-electron chi connectivity index (χ2n) is 3.16. The Balaban J connectivity index is 2.52. The van der Waals surface area contributed by atoms with Crippen molar-refractivity contribution in [3.63, 3.8) is 0 Å². The van der Waals surface area contributed by atoms with E-state index >= 15 is 0 Å². The fourth-order valence-electron chi connectivity index (χ4n) is 1.53. The van der Waals surface area contributed by atoms with Crippen LogP contribution in [0.25, 0.3) is 0 Å². The van der Waals surface area contributed by atoms with Gasteiger partial charge in [-0.25, -0.2) is 0 Å². The zero-order chi connectivity index (χ0) is 8.97. The first kappa shape index (κ1) is 9.55. The lowest BCUT2D eigenvalue weighted by Crippen LogP contribution is -2.35. The summed E-state index contributed by atoms with van der Waals surface area (Å²) in [5.74, 6) is 0. The van der Waals surface area contributed by atoms with E-state index in [1.165, 1.54) is 0 Å². The number of likely N-dealkylation sites (tertiary alicyclic amines) is 1. The molecule has 0 spiro atoms. The minimum Gasteiger partial charge on any atom is -0.390 e. The topological polar surface area (TPSA) is 32.7 Å². The highest BCUT2D eigenvalue weighted by molar-refractivity contribution is 4.82. The molecule has 2 unspecified atom stereocenters. The number of ether oxygens (including phenoxy) is 1. The van der Waals surface area contributed by atoms with Crippen LogP contribution < -0.4 is 0 Å². The second kappa shape index (κ2) is 4.48. The van der Waals surface area contributed by atoms with E-state index < -0.39 is 0 Å². The van der Waals surface area contributed by atoms with Gasteiger partial charge in [0.2, 0.25) is 0 Å². The maximum Gasteiger partial charge on any atom is 0.100 e. The van der Waals surface area contributed by atoms with Crippen molar-refractivity contribution >= 4 is 0 Å². The number of methoxy groups -OCH3 is 1. The molecule has 0 saturated carbocycles. The molecule has 1 aliphatic rings. The molecule has 0 radical (unpaired) electrons.